The zero-order valence-electron chi connectivity index (χ0n) is 14.0. The SMILES string of the molecule is COc1ccc(CCCC(=O)N(C)C2CCN(C)CC2)cc1. The highest BCUT2D eigenvalue weighted by Crippen LogP contribution is 2.17. The van der Waals surface area contributed by atoms with Gasteiger partial charge >= 0.3 is 0 Å². The molecule has 0 aliphatic carbocycles. The van der Waals surface area contributed by atoms with Crippen LogP contribution in [0.2, 0.25) is 0 Å². The van der Waals surface area contributed by atoms with Crippen molar-refractivity contribution in [3.63, 3.8) is 0 Å². The van der Waals surface area contributed by atoms with E-state index in [4.69, 9.17) is 4.74 Å². The number of amides is 1. The molecule has 22 heavy (non-hydrogen) atoms. The summed E-state index contributed by atoms with van der Waals surface area (Å²) in [5.41, 5.74) is 1.26. The second-order valence-electron chi connectivity index (χ2n) is 6.24. The van der Waals surface area contributed by atoms with Crippen molar-refractivity contribution >= 4 is 5.91 Å². The zero-order valence-corrected chi connectivity index (χ0v) is 14.0. The third kappa shape index (κ3) is 4.73. The Morgan fingerprint density at radius 2 is 1.91 bits per heavy atom. The van der Waals surface area contributed by atoms with Crippen molar-refractivity contribution < 1.29 is 9.53 Å². The van der Waals surface area contributed by atoms with Gasteiger partial charge in [-0.25, -0.2) is 0 Å². The van der Waals surface area contributed by atoms with Gasteiger partial charge in [-0.15, -0.1) is 0 Å². The predicted molar refractivity (Wildman–Crippen MR) is 89.2 cm³/mol. The molecular formula is C18H28N2O2. The van der Waals surface area contributed by atoms with E-state index < -0.39 is 0 Å². The summed E-state index contributed by atoms with van der Waals surface area (Å²) in [5, 5.41) is 0. The minimum atomic E-state index is 0.281. The lowest BCUT2D eigenvalue weighted by Gasteiger charge is -2.35. The lowest BCUT2D eigenvalue weighted by atomic mass is 10.0. The average Bonchev–Trinajstić information content (AvgIpc) is 2.55. The first kappa shape index (κ1) is 16.8. The van der Waals surface area contributed by atoms with Gasteiger partial charge in [0, 0.05) is 19.5 Å². The summed E-state index contributed by atoms with van der Waals surface area (Å²) in [4.78, 5) is 16.6. The quantitative estimate of drug-likeness (QED) is 0.810. The van der Waals surface area contributed by atoms with Gasteiger partial charge in [-0.3, -0.25) is 4.79 Å². The van der Waals surface area contributed by atoms with E-state index in [2.05, 4.69) is 24.1 Å². The molecule has 0 atom stereocenters. The second kappa shape index (κ2) is 8.18. The first-order valence-electron chi connectivity index (χ1n) is 8.17. The summed E-state index contributed by atoms with van der Waals surface area (Å²) < 4.78 is 5.15. The van der Waals surface area contributed by atoms with Crippen molar-refractivity contribution in [1.82, 2.24) is 9.80 Å². The molecule has 2 rings (SSSR count). The van der Waals surface area contributed by atoms with Crippen molar-refractivity contribution in [3.8, 4) is 5.75 Å². The third-order valence-corrected chi connectivity index (χ3v) is 4.64. The van der Waals surface area contributed by atoms with Crippen LogP contribution in [0, 0.1) is 0 Å². The molecular weight excluding hydrogens is 276 g/mol. The van der Waals surface area contributed by atoms with Crippen molar-refractivity contribution in [2.45, 2.75) is 38.1 Å². The standard InChI is InChI=1S/C18H28N2O2/c1-19-13-11-16(12-14-19)20(2)18(21)6-4-5-15-7-9-17(22-3)10-8-15/h7-10,16H,4-6,11-14H2,1-3H3. The number of piperidine rings is 1. The minimum absolute atomic E-state index is 0.281. The van der Waals surface area contributed by atoms with Gasteiger partial charge < -0.3 is 14.5 Å². The van der Waals surface area contributed by atoms with Gasteiger partial charge in [0.15, 0.2) is 0 Å². The smallest absolute Gasteiger partial charge is 0.222 e. The monoisotopic (exact) mass is 304 g/mol. The zero-order chi connectivity index (χ0) is 15.9. The van der Waals surface area contributed by atoms with E-state index in [0.717, 1.165) is 44.5 Å². The molecule has 0 unspecified atom stereocenters. The fourth-order valence-electron chi connectivity index (χ4n) is 3.00. The first-order chi connectivity index (χ1) is 10.6. The summed E-state index contributed by atoms with van der Waals surface area (Å²) in [5.74, 6) is 1.16. The van der Waals surface area contributed by atoms with Crippen LogP contribution in [0.1, 0.15) is 31.2 Å². The molecule has 1 aliphatic heterocycles. The van der Waals surface area contributed by atoms with Crippen molar-refractivity contribution in [2.75, 3.05) is 34.3 Å². The van der Waals surface area contributed by atoms with Crippen molar-refractivity contribution in [1.29, 1.82) is 0 Å². The van der Waals surface area contributed by atoms with Gasteiger partial charge in [-0.2, -0.15) is 0 Å². The maximum Gasteiger partial charge on any atom is 0.222 e. The molecule has 1 saturated heterocycles. The number of benzene rings is 1. The van der Waals surface area contributed by atoms with Crippen LogP contribution in [0.4, 0.5) is 0 Å². The highest BCUT2D eigenvalue weighted by Gasteiger charge is 2.23. The molecule has 0 bridgehead atoms. The summed E-state index contributed by atoms with van der Waals surface area (Å²) in [6.07, 6.45) is 4.67. The molecule has 0 radical (unpaired) electrons. The Kier molecular flexibility index (Phi) is 6.25. The van der Waals surface area contributed by atoms with Crippen LogP contribution in [-0.4, -0.2) is 56.0 Å². The topological polar surface area (TPSA) is 32.8 Å². The van der Waals surface area contributed by atoms with Crippen LogP contribution in [-0.2, 0) is 11.2 Å². The van der Waals surface area contributed by atoms with E-state index >= 15 is 0 Å². The molecule has 0 N–H and O–H groups in total. The van der Waals surface area contributed by atoms with Crippen LogP contribution in [0.15, 0.2) is 24.3 Å². The highest BCUT2D eigenvalue weighted by atomic mass is 16.5. The molecule has 0 saturated carbocycles. The molecule has 1 amide bonds. The fourth-order valence-corrected chi connectivity index (χ4v) is 3.00. The number of hydrogen-bond donors (Lipinski definition) is 0. The van der Waals surface area contributed by atoms with Gasteiger partial charge in [-0.05, 0) is 63.5 Å². The van der Waals surface area contributed by atoms with E-state index in [1.807, 2.05) is 24.1 Å². The molecule has 4 heteroatoms. The van der Waals surface area contributed by atoms with Crippen LogP contribution >= 0.6 is 0 Å². The van der Waals surface area contributed by atoms with E-state index in [-0.39, 0.29) is 5.91 Å². The van der Waals surface area contributed by atoms with Crippen molar-refractivity contribution in [3.05, 3.63) is 29.8 Å². The number of carbonyl (C=O) groups is 1. The molecule has 0 aromatic heterocycles. The summed E-state index contributed by atoms with van der Waals surface area (Å²) in [6.45, 7) is 2.18. The maximum absolute atomic E-state index is 12.3. The van der Waals surface area contributed by atoms with Crippen molar-refractivity contribution in [2.24, 2.45) is 0 Å². The van der Waals surface area contributed by atoms with Gasteiger partial charge in [0.2, 0.25) is 5.91 Å². The number of ether oxygens (including phenoxy) is 1. The molecule has 1 aromatic carbocycles. The first-order valence-corrected chi connectivity index (χ1v) is 8.17. The Hall–Kier alpha value is -1.55. The number of methoxy groups -OCH3 is 1. The second-order valence-corrected chi connectivity index (χ2v) is 6.24. The molecule has 4 nitrogen and oxygen atoms in total. The van der Waals surface area contributed by atoms with E-state index in [1.165, 1.54) is 5.56 Å². The fraction of sp³-hybridized carbons (Fsp3) is 0.611. The molecule has 1 aromatic rings. The molecule has 122 valence electrons. The Labute approximate surface area is 134 Å². The van der Waals surface area contributed by atoms with Crippen LogP contribution in [0.5, 0.6) is 5.75 Å². The molecule has 1 heterocycles. The lowest BCUT2D eigenvalue weighted by molar-refractivity contribution is -0.132. The van der Waals surface area contributed by atoms with E-state index in [9.17, 15) is 4.79 Å². The highest BCUT2D eigenvalue weighted by molar-refractivity contribution is 5.76. The molecule has 0 spiro atoms. The lowest BCUT2D eigenvalue weighted by Crippen LogP contribution is -2.44. The van der Waals surface area contributed by atoms with E-state index in [0.29, 0.717) is 12.5 Å². The summed E-state index contributed by atoms with van der Waals surface area (Å²) in [7, 11) is 5.78. The predicted octanol–water partition coefficient (Wildman–Crippen LogP) is 2.57. The largest absolute Gasteiger partial charge is 0.497 e. The number of aryl methyl sites for hydroxylation is 1. The average molecular weight is 304 g/mol. The van der Waals surface area contributed by atoms with Gasteiger partial charge in [0.1, 0.15) is 5.75 Å². The van der Waals surface area contributed by atoms with Gasteiger partial charge in [0.05, 0.1) is 7.11 Å². The molecule has 1 fully saturated rings. The molecule has 1 aliphatic rings. The van der Waals surface area contributed by atoms with E-state index in [1.54, 1.807) is 7.11 Å². The normalized spacial score (nSPS) is 16.5. The van der Waals surface area contributed by atoms with Gasteiger partial charge in [-0.1, -0.05) is 12.1 Å². The number of hydrogen-bond acceptors (Lipinski definition) is 3. The minimum Gasteiger partial charge on any atom is -0.497 e. The third-order valence-electron chi connectivity index (χ3n) is 4.64. The summed E-state index contributed by atoms with van der Waals surface area (Å²) in [6, 6.07) is 8.52. The Morgan fingerprint density at radius 3 is 2.50 bits per heavy atom. The number of rotatable bonds is 6. The number of carbonyl (C=O) groups excluding carboxylic acids is 1. The Morgan fingerprint density at radius 1 is 1.27 bits per heavy atom. The number of nitrogens with zero attached hydrogens (tertiary/aromatic N) is 2. The van der Waals surface area contributed by atoms with Gasteiger partial charge in [0.25, 0.3) is 0 Å². The maximum atomic E-state index is 12.3. The van der Waals surface area contributed by atoms with Crippen LogP contribution < -0.4 is 4.74 Å². The van der Waals surface area contributed by atoms with Crippen LogP contribution in [0.25, 0.3) is 0 Å². The summed E-state index contributed by atoms with van der Waals surface area (Å²) >= 11 is 0. The number of likely N-dealkylation sites (tertiary alicyclic amines) is 1. The van der Waals surface area contributed by atoms with Crippen LogP contribution in [0.3, 0.4) is 0 Å². The Balaban J connectivity index is 1.72. The Bertz CT molecular complexity index is 464.